The van der Waals surface area contributed by atoms with Crippen LogP contribution in [0.1, 0.15) is 30.6 Å². The molecule has 1 aromatic heterocycles. The van der Waals surface area contributed by atoms with Crippen molar-refractivity contribution in [3.05, 3.63) is 16.1 Å². The lowest BCUT2D eigenvalue weighted by molar-refractivity contribution is -0.141. The Balaban J connectivity index is 2.51. The molecule has 0 aliphatic heterocycles. The first-order valence-electron chi connectivity index (χ1n) is 5.55. The van der Waals surface area contributed by atoms with Crippen LogP contribution in [-0.2, 0) is 9.59 Å². The van der Waals surface area contributed by atoms with Gasteiger partial charge in [-0.05, 0) is 13.8 Å². The molecule has 7 heteroatoms. The second-order valence-electron chi connectivity index (χ2n) is 4.05. The van der Waals surface area contributed by atoms with Crippen LogP contribution in [0, 0.1) is 6.92 Å². The second kappa shape index (κ2) is 6.46. The number of carboxylic acids is 1. The number of aryl methyl sites for hydroxylation is 1. The van der Waals surface area contributed by atoms with Gasteiger partial charge in [0.25, 0.3) is 0 Å². The molecule has 18 heavy (non-hydrogen) atoms. The lowest BCUT2D eigenvalue weighted by Gasteiger charge is -2.17. The first kappa shape index (κ1) is 14.6. The van der Waals surface area contributed by atoms with Crippen LogP contribution < -0.4 is 10.6 Å². The number of thiazole rings is 1. The highest BCUT2D eigenvalue weighted by atomic mass is 32.1. The molecule has 6 nitrogen and oxygen atoms in total. The maximum Gasteiger partial charge on any atom is 0.327 e. The van der Waals surface area contributed by atoms with E-state index in [2.05, 4.69) is 15.6 Å². The Bertz CT molecular complexity index is 433. The normalized spacial score (nSPS) is 13.9. The standard InChI is InChI=1S/C11H17N3O3S/c1-6-5-18-10(13-6)7(2)12-4-9(11(16)17)14-8(3)15/h5,7,9,12H,4H2,1-3H3,(H,14,15)(H,16,17). The Labute approximate surface area is 109 Å². The SMILES string of the molecule is CC(=O)NC(CNC(C)c1nc(C)cs1)C(=O)O. The summed E-state index contributed by atoms with van der Waals surface area (Å²) in [7, 11) is 0. The van der Waals surface area contributed by atoms with Crippen molar-refractivity contribution >= 4 is 23.2 Å². The van der Waals surface area contributed by atoms with Crippen LogP contribution in [-0.4, -0.2) is 34.6 Å². The minimum Gasteiger partial charge on any atom is -0.480 e. The van der Waals surface area contributed by atoms with Crippen molar-refractivity contribution in [3.8, 4) is 0 Å². The average Bonchev–Trinajstić information content (AvgIpc) is 2.69. The summed E-state index contributed by atoms with van der Waals surface area (Å²) >= 11 is 1.52. The molecular weight excluding hydrogens is 254 g/mol. The minimum absolute atomic E-state index is 0.0423. The molecular formula is C11H17N3O3S. The summed E-state index contributed by atoms with van der Waals surface area (Å²) in [5.74, 6) is -1.41. The van der Waals surface area contributed by atoms with Crippen molar-refractivity contribution in [2.75, 3.05) is 6.54 Å². The van der Waals surface area contributed by atoms with Crippen LogP contribution in [0.2, 0.25) is 0 Å². The second-order valence-corrected chi connectivity index (χ2v) is 4.94. The van der Waals surface area contributed by atoms with Gasteiger partial charge in [-0.2, -0.15) is 0 Å². The van der Waals surface area contributed by atoms with Crippen molar-refractivity contribution < 1.29 is 14.7 Å². The summed E-state index contributed by atoms with van der Waals surface area (Å²) in [6.07, 6.45) is 0. The topological polar surface area (TPSA) is 91.3 Å². The number of hydrogen-bond acceptors (Lipinski definition) is 5. The summed E-state index contributed by atoms with van der Waals surface area (Å²) < 4.78 is 0. The maximum absolute atomic E-state index is 10.9. The van der Waals surface area contributed by atoms with Crippen LogP contribution in [0.5, 0.6) is 0 Å². The van der Waals surface area contributed by atoms with Gasteiger partial charge >= 0.3 is 5.97 Å². The molecule has 100 valence electrons. The van der Waals surface area contributed by atoms with Gasteiger partial charge in [0.1, 0.15) is 11.0 Å². The number of aromatic nitrogens is 1. The average molecular weight is 271 g/mol. The lowest BCUT2D eigenvalue weighted by atomic mass is 10.2. The predicted molar refractivity (Wildman–Crippen MR) is 68.5 cm³/mol. The van der Waals surface area contributed by atoms with Gasteiger partial charge in [-0.25, -0.2) is 9.78 Å². The van der Waals surface area contributed by atoms with Gasteiger partial charge in [0, 0.05) is 24.5 Å². The van der Waals surface area contributed by atoms with E-state index in [-0.39, 0.29) is 18.5 Å². The van der Waals surface area contributed by atoms with E-state index in [1.165, 1.54) is 18.3 Å². The van der Waals surface area contributed by atoms with E-state index in [9.17, 15) is 9.59 Å². The Morgan fingerprint density at radius 2 is 2.22 bits per heavy atom. The highest BCUT2D eigenvalue weighted by Gasteiger charge is 2.19. The van der Waals surface area contributed by atoms with Crippen LogP contribution >= 0.6 is 11.3 Å². The van der Waals surface area contributed by atoms with Gasteiger partial charge in [0.2, 0.25) is 5.91 Å². The van der Waals surface area contributed by atoms with Crippen LogP contribution in [0.4, 0.5) is 0 Å². The number of carbonyl (C=O) groups excluding carboxylic acids is 1. The quantitative estimate of drug-likeness (QED) is 0.708. The van der Waals surface area contributed by atoms with E-state index in [1.54, 1.807) is 0 Å². The summed E-state index contributed by atoms with van der Waals surface area (Å²) in [4.78, 5) is 26.1. The molecule has 2 unspecified atom stereocenters. The number of rotatable bonds is 6. The molecule has 0 aliphatic carbocycles. The van der Waals surface area contributed by atoms with Crippen molar-refractivity contribution in [2.45, 2.75) is 32.9 Å². The Morgan fingerprint density at radius 3 is 2.67 bits per heavy atom. The molecule has 1 aromatic rings. The number of carboxylic acid groups (broad SMARTS) is 1. The Kier molecular flexibility index (Phi) is 5.24. The van der Waals surface area contributed by atoms with Gasteiger partial charge in [-0.1, -0.05) is 0 Å². The molecule has 0 bridgehead atoms. The minimum atomic E-state index is -1.06. The van der Waals surface area contributed by atoms with Gasteiger partial charge in [-0.15, -0.1) is 11.3 Å². The zero-order valence-corrected chi connectivity index (χ0v) is 11.4. The van der Waals surface area contributed by atoms with Crippen LogP contribution in [0.15, 0.2) is 5.38 Å². The molecule has 1 amide bonds. The predicted octanol–water partition coefficient (Wildman–Crippen LogP) is 0.691. The fourth-order valence-electron chi connectivity index (χ4n) is 1.40. The van der Waals surface area contributed by atoms with Gasteiger partial charge in [0.15, 0.2) is 0 Å². The van der Waals surface area contributed by atoms with E-state index in [0.29, 0.717) is 0 Å². The zero-order valence-electron chi connectivity index (χ0n) is 10.6. The molecule has 0 aliphatic rings. The lowest BCUT2D eigenvalue weighted by Crippen LogP contribution is -2.46. The Hall–Kier alpha value is -1.47. The van der Waals surface area contributed by atoms with Gasteiger partial charge in [0.05, 0.1) is 6.04 Å². The van der Waals surface area contributed by atoms with E-state index in [4.69, 9.17) is 5.11 Å². The molecule has 1 rings (SSSR count). The highest BCUT2D eigenvalue weighted by molar-refractivity contribution is 7.09. The zero-order chi connectivity index (χ0) is 13.7. The highest BCUT2D eigenvalue weighted by Crippen LogP contribution is 2.17. The molecule has 0 spiro atoms. The summed E-state index contributed by atoms with van der Waals surface area (Å²) in [5.41, 5.74) is 0.945. The number of aliphatic carboxylic acids is 1. The third kappa shape index (κ3) is 4.42. The van der Waals surface area contributed by atoms with E-state index in [0.717, 1.165) is 10.7 Å². The van der Waals surface area contributed by atoms with Gasteiger partial charge in [-0.3, -0.25) is 4.79 Å². The maximum atomic E-state index is 10.9. The van der Waals surface area contributed by atoms with Gasteiger partial charge < -0.3 is 15.7 Å². The van der Waals surface area contributed by atoms with Crippen molar-refractivity contribution in [2.24, 2.45) is 0 Å². The number of nitrogens with zero attached hydrogens (tertiary/aromatic N) is 1. The summed E-state index contributed by atoms with van der Waals surface area (Å²) in [6.45, 7) is 5.27. The molecule has 0 fully saturated rings. The van der Waals surface area contributed by atoms with E-state index >= 15 is 0 Å². The molecule has 0 saturated heterocycles. The molecule has 2 atom stereocenters. The number of carbonyl (C=O) groups is 2. The third-order valence-electron chi connectivity index (χ3n) is 2.31. The fraction of sp³-hybridized carbons (Fsp3) is 0.545. The molecule has 0 aromatic carbocycles. The Morgan fingerprint density at radius 1 is 1.56 bits per heavy atom. The van der Waals surface area contributed by atoms with Crippen molar-refractivity contribution in [1.82, 2.24) is 15.6 Å². The smallest absolute Gasteiger partial charge is 0.327 e. The number of nitrogens with one attached hydrogen (secondary N) is 2. The van der Waals surface area contributed by atoms with E-state index < -0.39 is 12.0 Å². The monoisotopic (exact) mass is 271 g/mol. The fourth-order valence-corrected chi connectivity index (χ4v) is 2.23. The van der Waals surface area contributed by atoms with Crippen molar-refractivity contribution in [3.63, 3.8) is 0 Å². The first-order chi connectivity index (χ1) is 8.40. The number of amides is 1. The molecule has 1 heterocycles. The van der Waals surface area contributed by atoms with Crippen LogP contribution in [0.3, 0.4) is 0 Å². The molecule has 3 N–H and O–H groups in total. The molecule has 0 saturated carbocycles. The first-order valence-corrected chi connectivity index (χ1v) is 6.43. The molecule has 0 radical (unpaired) electrons. The third-order valence-corrected chi connectivity index (χ3v) is 3.46. The van der Waals surface area contributed by atoms with E-state index in [1.807, 2.05) is 19.2 Å². The van der Waals surface area contributed by atoms with Crippen LogP contribution in [0.25, 0.3) is 0 Å². The largest absolute Gasteiger partial charge is 0.480 e. The van der Waals surface area contributed by atoms with Crippen molar-refractivity contribution in [1.29, 1.82) is 0 Å². The summed E-state index contributed by atoms with van der Waals surface area (Å²) in [6, 6.07) is -0.967. The summed E-state index contributed by atoms with van der Waals surface area (Å²) in [5, 5.41) is 17.2. The number of hydrogen-bond donors (Lipinski definition) is 3.